The molecule has 6 heteroatoms. The number of carbonyl (C=O) groups excluding carboxylic acids is 1. The summed E-state index contributed by atoms with van der Waals surface area (Å²) >= 11 is 0. The van der Waals surface area contributed by atoms with Gasteiger partial charge in [-0.25, -0.2) is 9.18 Å². The third kappa shape index (κ3) is 3.68. The number of rotatable bonds is 4. The number of nitrogens with two attached hydrogens (primary N) is 1. The molecule has 110 valence electrons. The summed E-state index contributed by atoms with van der Waals surface area (Å²) in [6.07, 6.45) is -0.163. The summed E-state index contributed by atoms with van der Waals surface area (Å²) in [5.41, 5.74) is 5.59. The number of halogens is 1. The van der Waals surface area contributed by atoms with Crippen LogP contribution in [-0.4, -0.2) is 49.8 Å². The van der Waals surface area contributed by atoms with Gasteiger partial charge in [-0.15, -0.1) is 0 Å². The Labute approximate surface area is 117 Å². The fourth-order valence-electron chi connectivity index (χ4n) is 2.11. The van der Waals surface area contributed by atoms with Gasteiger partial charge < -0.3 is 15.2 Å². The van der Waals surface area contributed by atoms with Crippen LogP contribution < -0.4 is 5.73 Å². The third-order valence-corrected chi connectivity index (χ3v) is 3.28. The highest BCUT2D eigenvalue weighted by Gasteiger charge is 2.22. The fourth-order valence-corrected chi connectivity index (χ4v) is 2.11. The Morgan fingerprint density at radius 2 is 2.40 bits per heavy atom. The van der Waals surface area contributed by atoms with E-state index in [2.05, 4.69) is 11.8 Å². The maximum absolute atomic E-state index is 13.6. The van der Waals surface area contributed by atoms with Crippen molar-refractivity contribution in [2.24, 2.45) is 0 Å². The monoisotopic (exact) mass is 282 g/mol. The van der Waals surface area contributed by atoms with Crippen LogP contribution in [0.2, 0.25) is 0 Å². The molecular weight excluding hydrogens is 263 g/mol. The molecule has 0 aromatic heterocycles. The van der Waals surface area contributed by atoms with Gasteiger partial charge in [-0.05, 0) is 24.7 Å². The van der Waals surface area contributed by atoms with Crippen LogP contribution in [0, 0.1) is 5.82 Å². The number of nitrogens with zero attached hydrogens (tertiary/aromatic N) is 1. The number of ether oxygens (including phenoxy) is 2. The lowest BCUT2D eigenvalue weighted by molar-refractivity contribution is -0.0579. The van der Waals surface area contributed by atoms with Crippen molar-refractivity contribution in [1.29, 1.82) is 0 Å². The summed E-state index contributed by atoms with van der Waals surface area (Å²) in [5.74, 6) is -1.37. The number of esters is 1. The lowest BCUT2D eigenvalue weighted by atomic mass is 10.2. The van der Waals surface area contributed by atoms with Gasteiger partial charge in [-0.1, -0.05) is 6.92 Å². The predicted octanol–water partition coefficient (Wildman–Crippen LogP) is 1.29. The highest BCUT2D eigenvalue weighted by Crippen LogP contribution is 2.14. The van der Waals surface area contributed by atoms with Gasteiger partial charge >= 0.3 is 5.97 Å². The first-order valence-electron chi connectivity index (χ1n) is 6.66. The molecule has 0 spiro atoms. The minimum absolute atomic E-state index is 0.109. The van der Waals surface area contributed by atoms with Crippen LogP contribution in [0.15, 0.2) is 18.2 Å². The molecule has 0 radical (unpaired) electrons. The van der Waals surface area contributed by atoms with Gasteiger partial charge in [0.2, 0.25) is 0 Å². The highest BCUT2D eigenvalue weighted by molar-refractivity contribution is 5.90. The molecule has 1 aromatic rings. The number of likely N-dealkylation sites (N-methyl/N-ethyl adjacent to an activating group) is 1. The number of hydrogen-bond donors (Lipinski definition) is 1. The molecule has 1 aliphatic heterocycles. The molecule has 0 aliphatic carbocycles. The van der Waals surface area contributed by atoms with E-state index in [-0.39, 0.29) is 24.0 Å². The Kier molecular flexibility index (Phi) is 4.92. The van der Waals surface area contributed by atoms with E-state index >= 15 is 0 Å². The topological polar surface area (TPSA) is 64.8 Å². The Balaban J connectivity index is 1.88. The van der Waals surface area contributed by atoms with Gasteiger partial charge in [0.15, 0.2) is 0 Å². The molecule has 1 aromatic carbocycles. The Morgan fingerprint density at radius 3 is 3.10 bits per heavy atom. The fraction of sp³-hybridized carbons (Fsp3) is 0.500. The Morgan fingerprint density at radius 1 is 1.60 bits per heavy atom. The van der Waals surface area contributed by atoms with Crippen LogP contribution in [0.1, 0.15) is 17.3 Å². The minimum Gasteiger partial charge on any atom is -0.459 e. The van der Waals surface area contributed by atoms with E-state index in [4.69, 9.17) is 15.2 Å². The van der Waals surface area contributed by atoms with Gasteiger partial charge in [-0.3, -0.25) is 4.90 Å². The second-order valence-electron chi connectivity index (χ2n) is 4.72. The molecule has 0 amide bonds. The van der Waals surface area contributed by atoms with Crippen molar-refractivity contribution in [2.45, 2.75) is 13.0 Å². The van der Waals surface area contributed by atoms with E-state index in [0.717, 1.165) is 19.2 Å². The quantitative estimate of drug-likeness (QED) is 0.666. The smallest absolute Gasteiger partial charge is 0.341 e. The number of hydrogen-bond acceptors (Lipinski definition) is 5. The molecule has 1 saturated heterocycles. The molecule has 1 atom stereocenters. The van der Waals surface area contributed by atoms with Crippen LogP contribution in [0.5, 0.6) is 0 Å². The highest BCUT2D eigenvalue weighted by atomic mass is 19.1. The summed E-state index contributed by atoms with van der Waals surface area (Å²) in [5, 5.41) is 0. The van der Waals surface area contributed by atoms with Crippen molar-refractivity contribution in [1.82, 2.24) is 4.90 Å². The standard InChI is InChI=1S/C14H19FN2O3/c1-2-17-5-6-19-11(8-17)9-20-14(18)12-4-3-10(16)7-13(12)15/h3-4,7,11H,2,5-6,8-9,16H2,1H3. The van der Waals surface area contributed by atoms with E-state index in [9.17, 15) is 9.18 Å². The third-order valence-electron chi connectivity index (χ3n) is 3.28. The molecular formula is C14H19FN2O3. The van der Waals surface area contributed by atoms with Gasteiger partial charge in [-0.2, -0.15) is 0 Å². The summed E-state index contributed by atoms with van der Waals surface area (Å²) < 4.78 is 24.2. The normalized spacial score (nSPS) is 19.8. The van der Waals surface area contributed by atoms with Crippen LogP contribution in [0.4, 0.5) is 10.1 Å². The zero-order chi connectivity index (χ0) is 14.5. The van der Waals surface area contributed by atoms with Crippen molar-refractivity contribution in [3.05, 3.63) is 29.6 Å². The second kappa shape index (κ2) is 6.67. The van der Waals surface area contributed by atoms with Gasteiger partial charge in [0.25, 0.3) is 0 Å². The molecule has 5 nitrogen and oxygen atoms in total. The van der Waals surface area contributed by atoms with Gasteiger partial charge in [0, 0.05) is 18.8 Å². The van der Waals surface area contributed by atoms with Gasteiger partial charge in [0.05, 0.1) is 12.2 Å². The lowest BCUT2D eigenvalue weighted by Crippen LogP contribution is -2.44. The number of nitrogen functional groups attached to an aromatic ring is 1. The zero-order valence-corrected chi connectivity index (χ0v) is 11.5. The summed E-state index contributed by atoms with van der Waals surface area (Å²) in [6, 6.07) is 3.90. The zero-order valence-electron chi connectivity index (χ0n) is 11.5. The first-order chi connectivity index (χ1) is 9.60. The minimum atomic E-state index is -0.695. The van der Waals surface area contributed by atoms with Crippen LogP contribution >= 0.6 is 0 Å². The Bertz CT molecular complexity index is 481. The SMILES string of the molecule is CCN1CCOC(COC(=O)c2ccc(N)cc2F)C1. The van der Waals surface area contributed by atoms with Crippen molar-refractivity contribution >= 4 is 11.7 Å². The van der Waals surface area contributed by atoms with Crippen LogP contribution in [0.25, 0.3) is 0 Å². The van der Waals surface area contributed by atoms with E-state index in [0.29, 0.717) is 13.2 Å². The number of anilines is 1. The molecule has 1 aliphatic rings. The van der Waals surface area contributed by atoms with Crippen molar-refractivity contribution in [3.8, 4) is 0 Å². The number of benzene rings is 1. The molecule has 0 saturated carbocycles. The van der Waals surface area contributed by atoms with Crippen molar-refractivity contribution in [2.75, 3.05) is 38.6 Å². The first-order valence-corrected chi connectivity index (χ1v) is 6.66. The second-order valence-corrected chi connectivity index (χ2v) is 4.72. The van der Waals surface area contributed by atoms with Crippen molar-refractivity contribution < 1.29 is 18.7 Å². The molecule has 1 fully saturated rings. The lowest BCUT2D eigenvalue weighted by Gasteiger charge is -2.31. The molecule has 2 N–H and O–H groups in total. The van der Waals surface area contributed by atoms with E-state index in [1.807, 2.05) is 0 Å². The maximum Gasteiger partial charge on any atom is 0.341 e. The van der Waals surface area contributed by atoms with E-state index in [1.165, 1.54) is 12.1 Å². The number of morpholine rings is 1. The van der Waals surface area contributed by atoms with E-state index in [1.54, 1.807) is 0 Å². The summed E-state index contributed by atoms with van der Waals surface area (Å²) in [7, 11) is 0. The average molecular weight is 282 g/mol. The first kappa shape index (κ1) is 14.7. The largest absolute Gasteiger partial charge is 0.459 e. The predicted molar refractivity (Wildman–Crippen MR) is 72.9 cm³/mol. The summed E-state index contributed by atoms with van der Waals surface area (Å²) in [4.78, 5) is 14.0. The van der Waals surface area contributed by atoms with E-state index < -0.39 is 11.8 Å². The van der Waals surface area contributed by atoms with Gasteiger partial charge in [0.1, 0.15) is 18.5 Å². The van der Waals surface area contributed by atoms with Crippen LogP contribution in [-0.2, 0) is 9.47 Å². The molecule has 1 heterocycles. The average Bonchev–Trinajstić information content (AvgIpc) is 2.45. The Hall–Kier alpha value is -1.66. The number of carbonyl (C=O) groups is 1. The van der Waals surface area contributed by atoms with Crippen molar-refractivity contribution in [3.63, 3.8) is 0 Å². The molecule has 20 heavy (non-hydrogen) atoms. The van der Waals surface area contributed by atoms with Crippen LogP contribution in [0.3, 0.4) is 0 Å². The summed E-state index contributed by atoms with van der Waals surface area (Å²) in [6.45, 7) is 5.34. The molecule has 2 rings (SSSR count). The maximum atomic E-state index is 13.6. The molecule has 0 bridgehead atoms. The molecule has 1 unspecified atom stereocenters.